The molecule has 0 atom stereocenters. The van der Waals surface area contributed by atoms with Crippen LogP contribution in [0.3, 0.4) is 0 Å². The molecule has 0 aliphatic carbocycles. The summed E-state index contributed by atoms with van der Waals surface area (Å²) in [6, 6.07) is 0. The maximum Gasteiger partial charge on any atom is 0.374 e. The van der Waals surface area contributed by atoms with Gasteiger partial charge in [0.25, 0.3) is 0 Å². The van der Waals surface area contributed by atoms with Crippen LogP contribution in [0.5, 0.6) is 0 Å². The highest BCUT2D eigenvalue weighted by molar-refractivity contribution is 8.32. The van der Waals surface area contributed by atoms with Crippen molar-refractivity contribution in [3.05, 3.63) is 25.3 Å². The van der Waals surface area contributed by atoms with Gasteiger partial charge in [0.1, 0.15) is 4.32 Å². The monoisotopic (exact) mass is 231 g/mol. The van der Waals surface area contributed by atoms with Crippen molar-refractivity contribution in [2.75, 3.05) is 20.2 Å². The largest absolute Gasteiger partial charge is 0.461 e. The Bertz CT molecular complexity index is 231. The summed E-state index contributed by atoms with van der Waals surface area (Å²) in [7, 11) is 1.32. The van der Waals surface area contributed by atoms with Gasteiger partial charge >= 0.3 is 5.30 Å². The summed E-state index contributed by atoms with van der Waals surface area (Å²) in [5.41, 5.74) is 0. The molecular formula is C9H13NO2S2. The zero-order chi connectivity index (χ0) is 11.0. The predicted molar refractivity (Wildman–Crippen MR) is 64.6 cm³/mol. The molecule has 0 spiro atoms. The number of thiocarbonyl (C=S) groups is 1. The first-order valence-corrected chi connectivity index (χ1v) is 5.14. The first kappa shape index (κ1) is 13.2. The van der Waals surface area contributed by atoms with Gasteiger partial charge in [-0.2, -0.15) is 0 Å². The van der Waals surface area contributed by atoms with E-state index in [0.29, 0.717) is 17.4 Å². The number of hydrogen-bond donors (Lipinski definition) is 0. The second kappa shape index (κ2) is 7.58. The van der Waals surface area contributed by atoms with Crippen molar-refractivity contribution in [1.29, 1.82) is 0 Å². The molecule has 3 nitrogen and oxygen atoms in total. The molecule has 0 amide bonds. The lowest BCUT2D eigenvalue weighted by molar-refractivity contribution is 0.200. The van der Waals surface area contributed by atoms with E-state index in [2.05, 4.69) is 17.9 Å². The fourth-order valence-corrected chi connectivity index (χ4v) is 1.57. The van der Waals surface area contributed by atoms with Crippen molar-refractivity contribution < 1.29 is 9.53 Å². The van der Waals surface area contributed by atoms with Crippen molar-refractivity contribution in [2.24, 2.45) is 0 Å². The van der Waals surface area contributed by atoms with E-state index in [9.17, 15) is 4.79 Å². The molecule has 0 aromatic carbocycles. The van der Waals surface area contributed by atoms with Gasteiger partial charge in [0.05, 0.1) is 7.11 Å². The fraction of sp³-hybridized carbons (Fsp3) is 0.333. The van der Waals surface area contributed by atoms with Crippen LogP contribution in [0.25, 0.3) is 0 Å². The summed E-state index contributed by atoms with van der Waals surface area (Å²) in [6.45, 7) is 8.39. The Hall–Kier alpha value is -0.810. The number of nitrogens with zero attached hydrogens (tertiary/aromatic N) is 1. The highest BCUT2D eigenvalue weighted by Gasteiger charge is 2.12. The van der Waals surface area contributed by atoms with Crippen LogP contribution in [0.2, 0.25) is 0 Å². The van der Waals surface area contributed by atoms with Crippen LogP contribution in [0.1, 0.15) is 0 Å². The number of thioether (sulfide) groups is 1. The maximum absolute atomic E-state index is 10.9. The van der Waals surface area contributed by atoms with Crippen LogP contribution >= 0.6 is 24.0 Å². The molecule has 0 rings (SSSR count). The lowest BCUT2D eigenvalue weighted by atomic mass is 10.5. The first-order chi connectivity index (χ1) is 6.65. The Morgan fingerprint density at radius 1 is 1.50 bits per heavy atom. The van der Waals surface area contributed by atoms with E-state index in [0.717, 1.165) is 11.8 Å². The van der Waals surface area contributed by atoms with Crippen LogP contribution in [-0.4, -0.2) is 34.7 Å². The van der Waals surface area contributed by atoms with Crippen molar-refractivity contribution in [3.63, 3.8) is 0 Å². The molecule has 0 aliphatic heterocycles. The molecule has 0 aliphatic rings. The summed E-state index contributed by atoms with van der Waals surface area (Å²) in [5, 5.41) is -0.409. The van der Waals surface area contributed by atoms with E-state index in [1.807, 2.05) is 0 Å². The molecule has 14 heavy (non-hydrogen) atoms. The average molecular weight is 231 g/mol. The second-order valence-electron chi connectivity index (χ2n) is 2.30. The van der Waals surface area contributed by atoms with Crippen LogP contribution in [0.4, 0.5) is 4.79 Å². The first-order valence-electron chi connectivity index (χ1n) is 3.92. The summed E-state index contributed by atoms with van der Waals surface area (Å²) >= 11 is 5.93. The van der Waals surface area contributed by atoms with Gasteiger partial charge in [-0.15, -0.1) is 13.2 Å². The molecular weight excluding hydrogens is 218 g/mol. The number of carbonyl (C=O) groups is 1. The number of hydrogen-bond acceptors (Lipinski definition) is 4. The van der Waals surface area contributed by atoms with Crippen LogP contribution in [0, 0.1) is 0 Å². The van der Waals surface area contributed by atoms with Gasteiger partial charge in [0.2, 0.25) is 0 Å². The minimum absolute atomic E-state index is 0.409. The van der Waals surface area contributed by atoms with Crippen LogP contribution in [-0.2, 0) is 4.74 Å². The van der Waals surface area contributed by atoms with Gasteiger partial charge in [-0.25, -0.2) is 4.79 Å². The zero-order valence-electron chi connectivity index (χ0n) is 8.06. The number of methoxy groups -OCH3 is 1. The third-order valence-electron chi connectivity index (χ3n) is 1.29. The topological polar surface area (TPSA) is 29.5 Å². The number of carbonyl (C=O) groups excluding carboxylic acids is 1. The van der Waals surface area contributed by atoms with E-state index in [1.54, 1.807) is 17.1 Å². The highest BCUT2D eigenvalue weighted by atomic mass is 32.2. The molecule has 0 saturated heterocycles. The van der Waals surface area contributed by atoms with Crippen LogP contribution < -0.4 is 0 Å². The van der Waals surface area contributed by atoms with Gasteiger partial charge in [-0.1, -0.05) is 24.4 Å². The zero-order valence-corrected chi connectivity index (χ0v) is 9.70. The Balaban J connectivity index is 4.19. The molecule has 0 unspecified atom stereocenters. The summed E-state index contributed by atoms with van der Waals surface area (Å²) in [6.07, 6.45) is 3.43. The number of rotatable bonds is 4. The van der Waals surface area contributed by atoms with Gasteiger partial charge < -0.3 is 9.64 Å². The summed E-state index contributed by atoms with van der Waals surface area (Å²) in [4.78, 5) is 12.7. The molecule has 0 aromatic heterocycles. The molecule has 0 radical (unpaired) electrons. The Kier molecular flexibility index (Phi) is 7.14. The van der Waals surface area contributed by atoms with Crippen molar-refractivity contribution in [2.45, 2.75) is 0 Å². The van der Waals surface area contributed by atoms with Crippen molar-refractivity contribution in [1.82, 2.24) is 4.90 Å². The van der Waals surface area contributed by atoms with Crippen molar-refractivity contribution in [3.8, 4) is 0 Å². The van der Waals surface area contributed by atoms with Crippen molar-refractivity contribution >= 4 is 33.6 Å². The maximum atomic E-state index is 10.9. The number of ether oxygens (including phenoxy) is 1. The van der Waals surface area contributed by atoms with E-state index >= 15 is 0 Å². The van der Waals surface area contributed by atoms with E-state index < -0.39 is 5.30 Å². The lowest BCUT2D eigenvalue weighted by Gasteiger charge is -2.20. The van der Waals surface area contributed by atoms with Gasteiger partial charge in [0, 0.05) is 24.9 Å². The Morgan fingerprint density at radius 2 is 2.00 bits per heavy atom. The Labute approximate surface area is 93.8 Å². The standard InChI is InChI=1S/C9H13NO2S2/c1-4-6-10(7-5-2)8(13)14-9(11)12-3/h4-5H,1-2,6-7H2,3H3. The smallest absolute Gasteiger partial charge is 0.374 e. The van der Waals surface area contributed by atoms with Gasteiger partial charge in [-0.05, 0) is 0 Å². The van der Waals surface area contributed by atoms with E-state index in [-0.39, 0.29) is 0 Å². The SMILES string of the molecule is C=CCN(CC=C)C(=S)SC(=O)OC. The molecule has 0 heterocycles. The van der Waals surface area contributed by atoms with E-state index in [1.165, 1.54) is 7.11 Å². The van der Waals surface area contributed by atoms with E-state index in [4.69, 9.17) is 12.2 Å². The normalized spacial score (nSPS) is 8.93. The molecule has 0 bridgehead atoms. The fourth-order valence-electron chi connectivity index (χ4n) is 0.713. The average Bonchev–Trinajstić information content (AvgIpc) is 2.17. The molecule has 0 saturated carbocycles. The third kappa shape index (κ3) is 5.04. The van der Waals surface area contributed by atoms with Gasteiger partial charge in [0.15, 0.2) is 0 Å². The molecule has 0 N–H and O–H groups in total. The summed E-state index contributed by atoms with van der Waals surface area (Å²) in [5.74, 6) is 0. The Morgan fingerprint density at radius 3 is 2.36 bits per heavy atom. The second-order valence-corrected chi connectivity index (χ2v) is 3.87. The lowest BCUT2D eigenvalue weighted by Crippen LogP contribution is -2.28. The van der Waals surface area contributed by atoms with Crippen LogP contribution in [0.15, 0.2) is 25.3 Å². The van der Waals surface area contributed by atoms with Gasteiger partial charge in [-0.3, -0.25) is 0 Å². The quantitative estimate of drug-likeness (QED) is 0.421. The third-order valence-corrected chi connectivity index (χ3v) is 2.57. The molecule has 0 fully saturated rings. The molecule has 78 valence electrons. The molecule has 5 heteroatoms. The summed E-state index contributed by atoms with van der Waals surface area (Å²) < 4.78 is 4.95. The minimum atomic E-state index is -0.409. The highest BCUT2D eigenvalue weighted by Crippen LogP contribution is 2.12. The molecule has 0 aromatic rings. The minimum Gasteiger partial charge on any atom is -0.461 e. The predicted octanol–water partition coefficient (Wildman–Crippen LogP) is 2.44.